The Morgan fingerprint density at radius 2 is 1.93 bits per heavy atom. The molecule has 0 aliphatic rings. The lowest BCUT2D eigenvalue weighted by Gasteiger charge is -2.11. The van der Waals surface area contributed by atoms with E-state index in [-0.39, 0.29) is 12.5 Å². The fraction of sp³-hybridized carbons (Fsp3) is 0.125. The number of aryl methyl sites for hydroxylation is 2. The number of imidazole rings is 2. The number of carbonyl (C=O) groups is 1. The van der Waals surface area contributed by atoms with Crippen LogP contribution in [0.2, 0.25) is 0 Å². The first-order valence-corrected chi connectivity index (χ1v) is 9.83. The highest BCUT2D eigenvalue weighted by atomic mass is 16.1. The van der Waals surface area contributed by atoms with Crippen molar-refractivity contribution in [2.75, 3.05) is 5.32 Å². The summed E-state index contributed by atoms with van der Waals surface area (Å²) in [5, 5.41) is 3.04. The molecule has 6 heteroatoms. The van der Waals surface area contributed by atoms with Crippen LogP contribution >= 0.6 is 0 Å². The predicted molar refractivity (Wildman–Crippen MR) is 118 cm³/mol. The molecular formula is C24H21N5O. The van der Waals surface area contributed by atoms with Crippen LogP contribution in [0.1, 0.15) is 11.1 Å². The van der Waals surface area contributed by atoms with Gasteiger partial charge in [-0.25, -0.2) is 9.97 Å². The van der Waals surface area contributed by atoms with Crippen LogP contribution in [-0.4, -0.2) is 24.8 Å². The SMILES string of the molecule is Cc1ccn2cc(-c3ccc(C)c(NC(=O)Cn4cnc5ccccc54)c3)nc2c1. The number of carbonyl (C=O) groups excluding carboxylic acids is 1. The second-order valence-electron chi connectivity index (χ2n) is 7.53. The maximum Gasteiger partial charge on any atom is 0.244 e. The van der Waals surface area contributed by atoms with Gasteiger partial charge in [0, 0.05) is 23.6 Å². The molecule has 0 fully saturated rings. The third kappa shape index (κ3) is 3.33. The summed E-state index contributed by atoms with van der Waals surface area (Å²) >= 11 is 0. The first kappa shape index (κ1) is 18.1. The maximum atomic E-state index is 12.7. The smallest absolute Gasteiger partial charge is 0.244 e. The molecular weight excluding hydrogens is 374 g/mol. The highest BCUT2D eigenvalue weighted by Crippen LogP contribution is 2.25. The molecule has 0 aliphatic carbocycles. The lowest BCUT2D eigenvalue weighted by Crippen LogP contribution is -2.18. The summed E-state index contributed by atoms with van der Waals surface area (Å²) in [6.07, 6.45) is 5.71. The number of hydrogen-bond donors (Lipinski definition) is 1. The molecule has 0 atom stereocenters. The number of hydrogen-bond acceptors (Lipinski definition) is 3. The zero-order chi connectivity index (χ0) is 20.7. The average molecular weight is 395 g/mol. The normalized spacial score (nSPS) is 11.3. The van der Waals surface area contributed by atoms with E-state index in [1.165, 1.54) is 5.56 Å². The van der Waals surface area contributed by atoms with Crippen LogP contribution in [-0.2, 0) is 11.3 Å². The quantitative estimate of drug-likeness (QED) is 0.483. The standard InChI is InChI=1S/C24H21N5O/c1-16-9-10-28-13-21(26-23(28)11-16)18-8-7-17(2)20(12-18)27-24(30)14-29-15-25-19-5-3-4-6-22(19)29/h3-13,15H,14H2,1-2H3,(H,27,30). The number of nitrogens with one attached hydrogen (secondary N) is 1. The molecule has 30 heavy (non-hydrogen) atoms. The molecule has 0 aliphatic heterocycles. The van der Waals surface area contributed by atoms with Gasteiger partial charge >= 0.3 is 0 Å². The number of aromatic nitrogens is 4. The van der Waals surface area contributed by atoms with E-state index in [1.54, 1.807) is 6.33 Å². The van der Waals surface area contributed by atoms with E-state index in [1.807, 2.05) is 70.7 Å². The highest BCUT2D eigenvalue weighted by Gasteiger charge is 2.11. The first-order valence-electron chi connectivity index (χ1n) is 9.83. The Balaban J connectivity index is 1.41. The summed E-state index contributed by atoms with van der Waals surface area (Å²) in [7, 11) is 0. The van der Waals surface area contributed by atoms with Gasteiger partial charge in [0.1, 0.15) is 12.2 Å². The van der Waals surface area contributed by atoms with Gasteiger partial charge in [0.2, 0.25) is 5.91 Å². The Kier molecular flexibility index (Phi) is 4.32. The van der Waals surface area contributed by atoms with E-state index in [2.05, 4.69) is 29.4 Å². The van der Waals surface area contributed by atoms with Crippen molar-refractivity contribution in [3.63, 3.8) is 0 Å². The predicted octanol–water partition coefficient (Wildman–Crippen LogP) is 4.61. The molecule has 1 amide bonds. The fourth-order valence-electron chi connectivity index (χ4n) is 3.62. The van der Waals surface area contributed by atoms with Gasteiger partial charge in [0.15, 0.2) is 0 Å². The third-order valence-corrected chi connectivity index (χ3v) is 5.26. The maximum absolute atomic E-state index is 12.7. The van der Waals surface area contributed by atoms with E-state index < -0.39 is 0 Å². The molecule has 5 rings (SSSR count). The Labute approximate surface area is 173 Å². The number of benzene rings is 2. The lowest BCUT2D eigenvalue weighted by molar-refractivity contribution is -0.116. The Hall–Kier alpha value is -3.93. The summed E-state index contributed by atoms with van der Waals surface area (Å²) in [5.41, 5.74) is 7.52. The van der Waals surface area contributed by atoms with Gasteiger partial charge in [-0.1, -0.05) is 24.3 Å². The van der Waals surface area contributed by atoms with E-state index in [0.29, 0.717) is 0 Å². The Morgan fingerprint density at radius 1 is 1.07 bits per heavy atom. The fourth-order valence-corrected chi connectivity index (χ4v) is 3.62. The van der Waals surface area contributed by atoms with Crippen molar-refractivity contribution in [3.8, 4) is 11.3 Å². The first-order chi connectivity index (χ1) is 14.6. The van der Waals surface area contributed by atoms with Gasteiger partial charge in [-0.15, -0.1) is 0 Å². The summed E-state index contributed by atoms with van der Waals surface area (Å²) < 4.78 is 3.86. The Morgan fingerprint density at radius 3 is 2.83 bits per heavy atom. The third-order valence-electron chi connectivity index (χ3n) is 5.26. The van der Waals surface area contributed by atoms with Gasteiger partial charge in [-0.05, 0) is 55.3 Å². The van der Waals surface area contributed by atoms with Crippen molar-refractivity contribution < 1.29 is 4.79 Å². The largest absolute Gasteiger partial charge is 0.324 e. The van der Waals surface area contributed by atoms with E-state index in [4.69, 9.17) is 4.98 Å². The molecule has 3 aromatic heterocycles. The molecule has 0 bridgehead atoms. The second kappa shape index (κ2) is 7.15. The van der Waals surface area contributed by atoms with Crippen molar-refractivity contribution in [3.05, 3.63) is 84.4 Å². The summed E-state index contributed by atoms with van der Waals surface area (Å²) in [6.45, 7) is 4.24. The molecule has 6 nitrogen and oxygen atoms in total. The molecule has 5 aromatic rings. The highest BCUT2D eigenvalue weighted by molar-refractivity contribution is 5.93. The molecule has 0 unspecified atom stereocenters. The number of amides is 1. The Bertz CT molecular complexity index is 1400. The molecule has 0 saturated carbocycles. The van der Waals surface area contributed by atoms with Gasteiger partial charge in [0.25, 0.3) is 0 Å². The van der Waals surface area contributed by atoms with Crippen molar-refractivity contribution in [1.29, 1.82) is 0 Å². The van der Waals surface area contributed by atoms with E-state index in [9.17, 15) is 4.79 Å². The van der Waals surface area contributed by atoms with Crippen molar-refractivity contribution in [2.45, 2.75) is 20.4 Å². The minimum absolute atomic E-state index is 0.0935. The van der Waals surface area contributed by atoms with Crippen molar-refractivity contribution in [2.24, 2.45) is 0 Å². The number of nitrogens with zero attached hydrogens (tertiary/aromatic N) is 4. The number of pyridine rings is 1. The van der Waals surface area contributed by atoms with Crippen LogP contribution < -0.4 is 5.32 Å². The summed E-state index contributed by atoms with van der Waals surface area (Å²) in [5.74, 6) is -0.0935. The summed E-state index contributed by atoms with van der Waals surface area (Å²) in [4.78, 5) is 21.8. The second-order valence-corrected chi connectivity index (χ2v) is 7.53. The monoisotopic (exact) mass is 395 g/mol. The number of anilines is 1. The van der Waals surface area contributed by atoms with Crippen LogP contribution in [0.15, 0.2) is 73.3 Å². The number of para-hydroxylation sites is 2. The number of rotatable bonds is 4. The molecule has 2 aromatic carbocycles. The van der Waals surface area contributed by atoms with Gasteiger partial charge < -0.3 is 14.3 Å². The lowest BCUT2D eigenvalue weighted by atomic mass is 10.1. The van der Waals surface area contributed by atoms with E-state index >= 15 is 0 Å². The van der Waals surface area contributed by atoms with Crippen LogP contribution in [0.3, 0.4) is 0 Å². The topological polar surface area (TPSA) is 64.2 Å². The molecule has 148 valence electrons. The van der Waals surface area contributed by atoms with Gasteiger partial charge in [-0.3, -0.25) is 4.79 Å². The van der Waals surface area contributed by atoms with Crippen LogP contribution in [0.25, 0.3) is 27.9 Å². The average Bonchev–Trinajstić information content (AvgIpc) is 3.33. The van der Waals surface area contributed by atoms with Crippen molar-refractivity contribution >= 4 is 28.3 Å². The zero-order valence-electron chi connectivity index (χ0n) is 16.8. The van der Waals surface area contributed by atoms with Crippen molar-refractivity contribution in [1.82, 2.24) is 18.9 Å². The minimum atomic E-state index is -0.0935. The molecule has 3 heterocycles. The zero-order valence-corrected chi connectivity index (χ0v) is 16.8. The van der Waals surface area contributed by atoms with Gasteiger partial charge in [-0.2, -0.15) is 0 Å². The minimum Gasteiger partial charge on any atom is -0.324 e. The molecule has 0 radical (unpaired) electrons. The van der Waals surface area contributed by atoms with Crippen LogP contribution in [0.4, 0.5) is 5.69 Å². The van der Waals surface area contributed by atoms with E-state index in [0.717, 1.165) is 39.2 Å². The van der Waals surface area contributed by atoms with Crippen LogP contribution in [0.5, 0.6) is 0 Å². The summed E-state index contributed by atoms with van der Waals surface area (Å²) in [6, 6.07) is 17.9. The van der Waals surface area contributed by atoms with Crippen LogP contribution in [0, 0.1) is 13.8 Å². The van der Waals surface area contributed by atoms with Gasteiger partial charge in [0.05, 0.1) is 23.1 Å². The molecule has 0 spiro atoms. The molecule has 0 saturated heterocycles. The molecule has 1 N–H and O–H groups in total. The number of fused-ring (bicyclic) bond motifs is 2.